The Morgan fingerprint density at radius 3 is 2.19 bits per heavy atom. The van der Waals surface area contributed by atoms with E-state index in [0.717, 1.165) is 0 Å². The van der Waals surface area contributed by atoms with E-state index in [0.29, 0.717) is 10.4 Å². The molecule has 0 saturated heterocycles. The third-order valence-electron chi connectivity index (χ3n) is 2.61. The van der Waals surface area contributed by atoms with Crippen LogP contribution in [0.5, 0.6) is 0 Å². The first-order chi connectivity index (χ1) is 10.1. The highest BCUT2D eigenvalue weighted by molar-refractivity contribution is 7.12. The highest BCUT2D eigenvalue weighted by atomic mass is 35.5. The fourth-order valence-corrected chi connectivity index (χ4v) is 2.48. The molecule has 0 radical (unpaired) electrons. The van der Waals surface area contributed by atoms with Crippen molar-refractivity contribution >= 4 is 46.4 Å². The number of benzene rings is 1. The van der Waals surface area contributed by atoms with Crippen molar-refractivity contribution < 1.29 is 9.59 Å². The van der Waals surface area contributed by atoms with Crippen LogP contribution in [-0.2, 0) is 0 Å². The van der Waals surface area contributed by atoms with E-state index in [1.165, 1.54) is 11.3 Å². The summed E-state index contributed by atoms with van der Waals surface area (Å²) >= 11 is 12.9. The van der Waals surface area contributed by atoms with Crippen LogP contribution >= 0.6 is 34.5 Å². The van der Waals surface area contributed by atoms with Gasteiger partial charge in [-0.1, -0.05) is 24.3 Å². The molecule has 7 heteroatoms. The van der Waals surface area contributed by atoms with Crippen molar-refractivity contribution in [1.82, 2.24) is 10.6 Å². The third-order valence-corrected chi connectivity index (χ3v) is 3.98. The first-order valence-electron chi connectivity index (χ1n) is 6.06. The zero-order chi connectivity index (χ0) is 15.2. The molecular formula is C14H12Cl2N2O2S. The average molecular weight is 343 g/mol. The van der Waals surface area contributed by atoms with Gasteiger partial charge in [-0.05, 0) is 23.6 Å². The van der Waals surface area contributed by atoms with Crippen molar-refractivity contribution in [2.24, 2.45) is 0 Å². The van der Waals surface area contributed by atoms with Gasteiger partial charge in [0.05, 0.1) is 4.88 Å². The summed E-state index contributed by atoms with van der Waals surface area (Å²) in [5.74, 6) is -0.701. The number of hydrogen-bond acceptors (Lipinski definition) is 3. The van der Waals surface area contributed by atoms with E-state index in [1.807, 2.05) is 0 Å². The Morgan fingerprint density at radius 1 is 0.952 bits per heavy atom. The molecule has 110 valence electrons. The van der Waals surface area contributed by atoms with Crippen molar-refractivity contribution in [3.8, 4) is 0 Å². The van der Waals surface area contributed by atoms with Gasteiger partial charge in [0.1, 0.15) is 11.0 Å². The summed E-state index contributed by atoms with van der Waals surface area (Å²) in [6.45, 7) is 0. The summed E-state index contributed by atoms with van der Waals surface area (Å²) in [4.78, 5) is 23.6. The topological polar surface area (TPSA) is 58.2 Å². The Labute approximate surface area is 136 Å². The Kier molecular flexibility index (Phi) is 5.61. The number of halogens is 2. The molecule has 0 fully saturated rings. The molecular weight excluding hydrogens is 331 g/mol. The lowest BCUT2D eigenvalue weighted by Gasteiger charge is -2.20. The smallest absolute Gasteiger partial charge is 0.263 e. The quantitative estimate of drug-likeness (QED) is 0.648. The molecule has 1 aromatic carbocycles. The molecule has 1 heterocycles. The van der Waals surface area contributed by atoms with Gasteiger partial charge < -0.3 is 10.6 Å². The monoisotopic (exact) mass is 342 g/mol. The third kappa shape index (κ3) is 4.46. The lowest BCUT2D eigenvalue weighted by molar-refractivity contribution is 0.0891. The van der Waals surface area contributed by atoms with Gasteiger partial charge in [-0.15, -0.1) is 34.5 Å². The fourth-order valence-electron chi connectivity index (χ4n) is 1.60. The molecule has 2 N–H and O–H groups in total. The van der Waals surface area contributed by atoms with Crippen LogP contribution in [0.4, 0.5) is 0 Å². The number of carbonyl (C=O) groups excluding carboxylic acids is 2. The minimum absolute atomic E-state index is 0.338. The lowest BCUT2D eigenvalue weighted by atomic mass is 10.2. The Morgan fingerprint density at radius 2 is 1.62 bits per heavy atom. The number of nitrogens with one attached hydrogen (secondary N) is 2. The molecule has 0 unspecified atom stereocenters. The molecule has 0 aliphatic rings. The van der Waals surface area contributed by atoms with Gasteiger partial charge in [0, 0.05) is 5.56 Å². The predicted octanol–water partition coefficient (Wildman–Crippen LogP) is 3.04. The van der Waals surface area contributed by atoms with Gasteiger partial charge in [0.25, 0.3) is 11.8 Å². The van der Waals surface area contributed by atoms with Crippen molar-refractivity contribution in [3.05, 3.63) is 58.3 Å². The maximum Gasteiger partial charge on any atom is 0.263 e. The molecule has 2 amide bonds. The van der Waals surface area contributed by atoms with E-state index in [4.69, 9.17) is 23.2 Å². The largest absolute Gasteiger partial charge is 0.329 e. The lowest BCUT2D eigenvalue weighted by Crippen LogP contribution is -2.51. The van der Waals surface area contributed by atoms with E-state index in [-0.39, 0.29) is 11.8 Å². The molecule has 0 saturated carbocycles. The minimum atomic E-state index is -0.971. The van der Waals surface area contributed by atoms with Crippen molar-refractivity contribution in [2.75, 3.05) is 0 Å². The zero-order valence-electron chi connectivity index (χ0n) is 10.8. The number of rotatable bonds is 5. The number of alkyl halides is 2. The average Bonchev–Trinajstić information content (AvgIpc) is 3.01. The summed E-state index contributed by atoms with van der Waals surface area (Å²) in [5, 5.41) is 6.97. The molecule has 0 spiro atoms. The molecule has 2 rings (SSSR count). The van der Waals surface area contributed by atoms with Gasteiger partial charge in [-0.2, -0.15) is 0 Å². The van der Waals surface area contributed by atoms with E-state index in [9.17, 15) is 9.59 Å². The first-order valence-corrected chi connectivity index (χ1v) is 7.81. The van der Waals surface area contributed by atoms with Gasteiger partial charge in [0.2, 0.25) is 0 Å². The van der Waals surface area contributed by atoms with E-state index in [2.05, 4.69) is 10.6 Å². The second-order valence-electron chi connectivity index (χ2n) is 4.10. The predicted molar refractivity (Wildman–Crippen MR) is 85.0 cm³/mol. The summed E-state index contributed by atoms with van der Waals surface area (Å²) in [6, 6.07) is 12.0. The molecule has 1 atom stereocenters. The maximum absolute atomic E-state index is 12.1. The second kappa shape index (κ2) is 7.45. The first kappa shape index (κ1) is 15.8. The highest BCUT2D eigenvalue weighted by Gasteiger charge is 2.23. The van der Waals surface area contributed by atoms with Crippen molar-refractivity contribution in [2.45, 2.75) is 11.0 Å². The van der Waals surface area contributed by atoms with Crippen LogP contribution in [0.1, 0.15) is 20.0 Å². The molecule has 21 heavy (non-hydrogen) atoms. The van der Waals surface area contributed by atoms with Crippen LogP contribution < -0.4 is 10.6 Å². The SMILES string of the molecule is O=C(N[C@@H](NC(=O)c1cccs1)C(Cl)Cl)c1ccccc1. The molecule has 0 aliphatic carbocycles. The van der Waals surface area contributed by atoms with Crippen LogP contribution in [0.3, 0.4) is 0 Å². The van der Waals surface area contributed by atoms with E-state index in [1.54, 1.807) is 47.8 Å². The number of hydrogen-bond donors (Lipinski definition) is 2. The van der Waals surface area contributed by atoms with E-state index < -0.39 is 11.0 Å². The summed E-state index contributed by atoms with van der Waals surface area (Å²) in [6.07, 6.45) is -0.879. The second-order valence-corrected chi connectivity index (χ2v) is 6.21. The van der Waals surface area contributed by atoms with E-state index >= 15 is 0 Å². The summed E-state index contributed by atoms with van der Waals surface area (Å²) in [7, 11) is 0. The van der Waals surface area contributed by atoms with Gasteiger partial charge in [-0.3, -0.25) is 9.59 Å². The molecule has 4 nitrogen and oxygen atoms in total. The fraction of sp³-hybridized carbons (Fsp3) is 0.143. The zero-order valence-corrected chi connectivity index (χ0v) is 13.1. The Hall–Kier alpha value is -1.56. The van der Waals surface area contributed by atoms with Crippen molar-refractivity contribution in [1.29, 1.82) is 0 Å². The number of amides is 2. The standard InChI is InChI=1S/C14H12Cl2N2O2S/c15-11(16)12(18-14(20)10-7-4-8-21-10)17-13(19)9-5-2-1-3-6-9/h1-8,11-12H,(H,17,19)(H,18,20)/t12-/m0/s1. The van der Waals surface area contributed by atoms with Crippen LogP contribution in [0.25, 0.3) is 0 Å². The molecule has 0 bridgehead atoms. The van der Waals surface area contributed by atoms with Crippen LogP contribution in [0.15, 0.2) is 47.8 Å². The van der Waals surface area contributed by atoms with Gasteiger partial charge in [-0.25, -0.2) is 0 Å². The number of thiophene rings is 1. The summed E-state index contributed by atoms with van der Waals surface area (Å²) < 4.78 is 0. The maximum atomic E-state index is 12.1. The Bertz CT molecular complexity index is 603. The molecule has 1 aromatic heterocycles. The van der Waals surface area contributed by atoms with Gasteiger partial charge in [0.15, 0.2) is 0 Å². The van der Waals surface area contributed by atoms with Crippen LogP contribution in [-0.4, -0.2) is 22.8 Å². The van der Waals surface area contributed by atoms with Crippen molar-refractivity contribution in [3.63, 3.8) is 0 Å². The van der Waals surface area contributed by atoms with Gasteiger partial charge >= 0.3 is 0 Å². The van der Waals surface area contributed by atoms with Crippen LogP contribution in [0.2, 0.25) is 0 Å². The molecule has 2 aromatic rings. The Balaban J connectivity index is 2.03. The molecule has 0 aliphatic heterocycles. The summed E-state index contributed by atoms with van der Waals surface area (Å²) in [5.41, 5.74) is 0.460. The minimum Gasteiger partial charge on any atom is -0.329 e. The van der Waals surface area contributed by atoms with Crippen LogP contribution in [0, 0.1) is 0 Å². The highest BCUT2D eigenvalue weighted by Crippen LogP contribution is 2.11. The normalized spacial score (nSPS) is 12.0. The number of carbonyl (C=O) groups is 2.